The molecule has 2 aromatic rings. The Morgan fingerprint density at radius 3 is 2.52 bits per heavy atom. The summed E-state index contributed by atoms with van der Waals surface area (Å²) in [5.41, 5.74) is 2.64. The number of hydrogen-bond donors (Lipinski definition) is 2. The molecular formula is C19H25N3S3. The largest absolute Gasteiger partial charge is 0.362 e. The molecule has 0 aliphatic carbocycles. The van der Waals surface area contributed by atoms with Crippen molar-refractivity contribution in [3.63, 3.8) is 0 Å². The van der Waals surface area contributed by atoms with Crippen LogP contribution in [-0.4, -0.2) is 22.4 Å². The molecule has 2 N–H and O–H groups in total. The maximum atomic E-state index is 5.33. The molecule has 0 saturated heterocycles. The van der Waals surface area contributed by atoms with Crippen molar-refractivity contribution in [1.29, 1.82) is 0 Å². The fourth-order valence-electron chi connectivity index (χ4n) is 2.21. The van der Waals surface area contributed by atoms with Crippen molar-refractivity contribution in [3.05, 3.63) is 59.8 Å². The quantitative estimate of drug-likeness (QED) is 0.367. The van der Waals surface area contributed by atoms with Crippen LogP contribution in [-0.2, 0) is 13.0 Å². The molecule has 0 atom stereocenters. The normalized spacial score (nSPS) is 10.7. The van der Waals surface area contributed by atoms with E-state index in [1.165, 1.54) is 11.1 Å². The Hall–Kier alpha value is -1.24. The van der Waals surface area contributed by atoms with Gasteiger partial charge < -0.3 is 10.6 Å². The van der Waals surface area contributed by atoms with Crippen LogP contribution in [0.5, 0.6) is 0 Å². The molecule has 0 bridgehead atoms. The number of aromatic nitrogens is 1. The van der Waals surface area contributed by atoms with Gasteiger partial charge in [-0.2, -0.15) is 0 Å². The second-order valence-corrected chi connectivity index (χ2v) is 8.94. The third kappa shape index (κ3) is 8.61. The van der Waals surface area contributed by atoms with Crippen LogP contribution in [0.3, 0.4) is 0 Å². The van der Waals surface area contributed by atoms with Gasteiger partial charge in [-0.05, 0) is 58.6 Å². The highest BCUT2D eigenvalue weighted by Crippen LogP contribution is 2.28. The summed E-state index contributed by atoms with van der Waals surface area (Å²) in [5, 5.41) is 8.24. The lowest BCUT2D eigenvalue weighted by Gasteiger charge is -2.11. The number of thiocarbonyl (C=S) groups is 1. The van der Waals surface area contributed by atoms with E-state index in [9.17, 15) is 0 Å². The van der Waals surface area contributed by atoms with E-state index >= 15 is 0 Å². The van der Waals surface area contributed by atoms with Gasteiger partial charge in [0.25, 0.3) is 0 Å². The summed E-state index contributed by atoms with van der Waals surface area (Å²) < 4.78 is 0. The topological polar surface area (TPSA) is 37.0 Å². The summed E-state index contributed by atoms with van der Waals surface area (Å²) in [7, 11) is 3.46. The molecular weight excluding hydrogens is 366 g/mol. The van der Waals surface area contributed by atoms with Crippen LogP contribution < -0.4 is 10.6 Å². The smallest absolute Gasteiger partial charge is 0.166 e. The monoisotopic (exact) mass is 391 g/mol. The number of nitrogens with one attached hydrogen (secondary N) is 2. The Balaban J connectivity index is 1.57. The number of pyridine rings is 1. The minimum Gasteiger partial charge on any atom is -0.362 e. The summed E-state index contributed by atoms with van der Waals surface area (Å²) in [6, 6.07) is 14.7. The van der Waals surface area contributed by atoms with Crippen LogP contribution in [0.25, 0.3) is 0 Å². The fraction of sp³-hybridized carbons (Fsp3) is 0.368. The Labute approximate surface area is 164 Å². The van der Waals surface area contributed by atoms with Gasteiger partial charge in [0.2, 0.25) is 0 Å². The van der Waals surface area contributed by atoms with Crippen molar-refractivity contribution < 1.29 is 0 Å². The lowest BCUT2D eigenvalue weighted by molar-refractivity contribution is 0.647. The maximum Gasteiger partial charge on any atom is 0.166 e. The van der Waals surface area contributed by atoms with Crippen molar-refractivity contribution in [2.75, 3.05) is 12.3 Å². The maximum absolute atomic E-state index is 5.33. The van der Waals surface area contributed by atoms with Crippen molar-refractivity contribution in [3.8, 4) is 0 Å². The Kier molecular flexibility index (Phi) is 9.15. The van der Waals surface area contributed by atoms with Crippen LogP contribution >= 0.6 is 33.8 Å². The number of benzene rings is 1. The minimum absolute atomic E-state index is 0.689. The summed E-state index contributed by atoms with van der Waals surface area (Å²) in [4.78, 5) is 4.28. The van der Waals surface area contributed by atoms with E-state index in [-0.39, 0.29) is 0 Å². The molecule has 0 amide bonds. The standard InChI is InChI=1S/C19H25N3S3/c1-15(2)13-16-6-8-17(9-7-16)14-22-19(23)21-11-12-24-25-18-5-3-4-10-20-18/h3-10,15H,11-14H2,1-2H3,(H2,21,22,23). The van der Waals surface area contributed by atoms with Gasteiger partial charge in [0.15, 0.2) is 5.11 Å². The lowest BCUT2D eigenvalue weighted by Crippen LogP contribution is -2.35. The fourth-order valence-corrected chi connectivity index (χ4v) is 4.17. The number of hydrogen-bond acceptors (Lipinski definition) is 4. The molecule has 3 nitrogen and oxygen atoms in total. The van der Waals surface area contributed by atoms with E-state index in [4.69, 9.17) is 12.2 Å². The van der Waals surface area contributed by atoms with E-state index in [2.05, 4.69) is 53.7 Å². The molecule has 0 aliphatic rings. The van der Waals surface area contributed by atoms with Gasteiger partial charge in [-0.3, -0.25) is 0 Å². The van der Waals surface area contributed by atoms with E-state index in [0.29, 0.717) is 11.0 Å². The molecule has 1 heterocycles. The number of nitrogens with zero attached hydrogens (tertiary/aromatic N) is 1. The van der Waals surface area contributed by atoms with E-state index in [1.807, 2.05) is 24.4 Å². The predicted molar refractivity (Wildman–Crippen MR) is 115 cm³/mol. The molecule has 1 aromatic carbocycles. The van der Waals surface area contributed by atoms with E-state index in [0.717, 1.165) is 30.3 Å². The first-order valence-corrected chi connectivity index (χ1v) is 11.2. The highest BCUT2D eigenvalue weighted by Gasteiger charge is 2.00. The highest BCUT2D eigenvalue weighted by atomic mass is 33.1. The molecule has 134 valence electrons. The molecule has 25 heavy (non-hydrogen) atoms. The molecule has 1 aromatic heterocycles. The Bertz CT molecular complexity index is 630. The van der Waals surface area contributed by atoms with Crippen molar-refractivity contribution in [2.45, 2.75) is 31.8 Å². The summed E-state index contributed by atoms with van der Waals surface area (Å²) in [5.74, 6) is 1.65. The predicted octanol–water partition coefficient (Wildman–Crippen LogP) is 4.68. The van der Waals surface area contributed by atoms with Crippen LogP contribution in [0.1, 0.15) is 25.0 Å². The van der Waals surface area contributed by atoms with Crippen LogP contribution in [0.4, 0.5) is 0 Å². The zero-order chi connectivity index (χ0) is 17.9. The van der Waals surface area contributed by atoms with Gasteiger partial charge in [-0.25, -0.2) is 4.98 Å². The summed E-state index contributed by atoms with van der Waals surface area (Å²) in [6.45, 7) is 6.08. The first-order valence-electron chi connectivity index (χ1n) is 8.43. The van der Waals surface area contributed by atoms with Crippen molar-refractivity contribution in [2.24, 2.45) is 5.92 Å². The summed E-state index contributed by atoms with van der Waals surface area (Å²) in [6.07, 6.45) is 2.94. The zero-order valence-corrected chi connectivity index (χ0v) is 17.1. The third-order valence-corrected chi connectivity index (χ3v) is 5.93. The second kappa shape index (κ2) is 11.4. The molecule has 6 heteroatoms. The molecule has 0 radical (unpaired) electrons. The average molecular weight is 392 g/mol. The van der Waals surface area contributed by atoms with Gasteiger partial charge in [-0.1, -0.05) is 55.0 Å². The highest BCUT2D eigenvalue weighted by molar-refractivity contribution is 8.76. The molecule has 0 spiro atoms. The first-order chi connectivity index (χ1) is 12.1. The first kappa shape index (κ1) is 20.1. The van der Waals surface area contributed by atoms with Gasteiger partial charge in [0.1, 0.15) is 5.03 Å². The van der Waals surface area contributed by atoms with Gasteiger partial charge in [0, 0.05) is 25.0 Å². The lowest BCUT2D eigenvalue weighted by atomic mass is 10.0. The molecule has 0 fully saturated rings. The van der Waals surface area contributed by atoms with Gasteiger partial charge in [0.05, 0.1) is 0 Å². The zero-order valence-electron chi connectivity index (χ0n) is 14.7. The van der Waals surface area contributed by atoms with E-state index in [1.54, 1.807) is 21.6 Å². The summed E-state index contributed by atoms with van der Waals surface area (Å²) >= 11 is 5.33. The van der Waals surface area contributed by atoms with E-state index < -0.39 is 0 Å². The third-order valence-electron chi connectivity index (χ3n) is 3.37. The molecule has 0 saturated carbocycles. The van der Waals surface area contributed by atoms with Crippen LogP contribution in [0.15, 0.2) is 53.7 Å². The second-order valence-electron chi connectivity index (χ2n) is 6.10. The molecule has 0 unspecified atom stereocenters. The molecule has 2 rings (SSSR count). The van der Waals surface area contributed by atoms with Crippen molar-refractivity contribution >= 4 is 38.9 Å². The van der Waals surface area contributed by atoms with Gasteiger partial charge >= 0.3 is 0 Å². The van der Waals surface area contributed by atoms with Crippen LogP contribution in [0.2, 0.25) is 0 Å². The Morgan fingerprint density at radius 2 is 1.84 bits per heavy atom. The minimum atomic E-state index is 0.689. The molecule has 0 aliphatic heterocycles. The Morgan fingerprint density at radius 1 is 1.08 bits per heavy atom. The average Bonchev–Trinajstić information content (AvgIpc) is 2.61. The van der Waals surface area contributed by atoms with Crippen molar-refractivity contribution in [1.82, 2.24) is 15.6 Å². The SMILES string of the molecule is CC(C)Cc1ccc(CNC(=S)NCCSSc2ccccn2)cc1. The van der Waals surface area contributed by atoms with Crippen LogP contribution in [0, 0.1) is 5.92 Å². The van der Waals surface area contributed by atoms with Gasteiger partial charge in [-0.15, -0.1) is 0 Å². The number of rotatable bonds is 9.